The zero-order chi connectivity index (χ0) is 13.9. The molecule has 0 aliphatic carbocycles. The highest BCUT2D eigenvalue weighted by Crippen LogP contribution is 2.48. The van der Waals surface area contributed by atoms with Crippen LogP contribution >= 0.6 is 0 Å². The van der Waals surface area contributed by atoms with Gasteiger partial charge in [-0.05, 0) is 37.1 Å². The monoisotopic (exact) mass is 274 g/mol. The van der Waals surface area contributed by atoms with Gasteiger partial charge >= 0.3 is 0 Å². The predicted molar refractivity (Wildman–Crippen MR) is 75.6 cm³/mol. The van der Waals surface area contributed by atoms with Crippen LogP contribution in [0.25, 0.3) is 11.1 Å². The van der Waals surface area contributed by atoms with E-state index in [0.717, 1.165) is 0 Å². The summed E-state index contributed by atoms with van der Waals surface area (Å²) in [6.45, 7) is 3.46. The largest absolute Gasteiger partial charge is 0.398 e. The maximum Gasteiger partial charge on any atom is 0.208 e. The third-order valence-corrected chi connectivity index (χ3v) is 5.85. The second-order valence-electron chi connectivity index (χ2n) is 4.82. The summed E-state index contributed by atoms with van der Waals surface area (Å²) in [6.07, 6.45) is 0. The number of sulfone groups is 1. The van der Waals surface area contributed by atoms with E-state index in [4.69, 9.17) is 11.5 Å². The van der Waals surface area contributed by atoms with Gasteiger partial charge in [0.2, 0.25) is 9.84 Å². The molecule has 3 rings (SSSR count). The van der Waals surface area contributed by atoms with E-state index < -0.39 is 9.84 Å². The van der Waals surface area contributed by atoms with Crippen LogP contribution in [0.3, 0.4) is 0 Å². The van der Waals surface area contributed by atoms with E-state index in [1.165, 1.54) is 0 Å². The van der Waals surface area contributed by atoms with Crippen molar-refractivity contribution >= 4 is 21.2 Å². The quantitative estimate of drug-likeness (QED) is 0.616. The standard InChI is InChI=1S/C14H14N2O2S/c1-7-11(15)5-3-9-10-4-6-12(16)8(2)14(10)19(17,18)13(7)9/h3-6H,15-16H2,1-2H3. The van der Waals surface area contributed by atoms with Gasteiger partial charge in [-0.25, -0.2) is 8.42 Å². The lowest BCUT2D eigenvalue weighted by Crippen LogP contribution is -2.04. The Morgan fingerprint density at radius 2 is 1.16 bits per heavy atom. The van der Waals surface area contributed by atoms with Gasteiger partial charge in [-0.1, -0.05) is 12.1 Å². The molecular formula is C14H14N2O2S. The van der Waals surface area contributed by atoms with E-state index in [-0.39, 0.29) is 0 Å². The van der Waals surface area contributed by atoms with E-state index in [0.29, 0.717) is 43.4 Å². The Kier molecular flexibility index (Phi) is 2.23. The minimum atomic E-state index is -3.53. The van der Waals surface area contributed by atoms with Crippen LogP contribution in [-0.2, 0) is 9.84 Å². The molecule has 0 unspecified atom stereocenters. The van der Waals surface area contributed by atoms with Crippen molar-refractivity contribution in [2.75, 3.05) is 11.5 Å². The van der Waals surface area contributed by atoms with Crippen molar-refractivity contribution in [3.05, 3.63) is 35.4 Å². The van der Waals surface area contributed by atoms with Crippen molar-refractivity contribution in [1.82, 2.24) is 0 Å². The maximum absolute atomic E-state index is 12.7. The number of hydrogen-bond acceptors (Lipinski definition) is 4. The topological polar surface area (TPSA) is 86.2 Å². The molecule has 0 spiro atoms. The average molecular weight is 274 g/mol. The molecule has 0 atom stereocenters. The lowest BCUT2D eigenvalue weighted by atomic mass is 10.0. The molecule has 5 heteroatoms. The smallest absolute Gasteiger partial charge is 0.208 e. The highest BCUT2D eigenvalue weighted by Gasteiger charge is 2.36. The van der Waals surface area contributed by atoms with Crippen LogP contribution in [0.2, 0.25) is 0 Å². The van der Waals surface area contributed by atoms with E-state index >= 15 is 0 Å². The first-order chi connectivity index (χ1) is 8.85. The molecule has 4 nitrogen and oxygen atoms in total. The van der Waals surface area contributed by atoms with Crippen LogP contribution in [0.15, 0.2) is 34.1 Å². The number of fused-ring (bicyclic) bond motifs is 3. The van der Waals surface area contributed by atoms with Gasteiger partial charge in [-0.15, -0.1) is 0 Å². The third kappa shape index (κ3) is 1.36. The first-order valence-corrected chi connectivity index (χ1v) is 7.37. The molecule has 1 aliphatic heterocycles. The molecule has 19 heavy (non-hydrogen) atoms. The Bertz CT molecular complexity index is 760. The van der Waals surface area contributed by atoms with Gasteiger partial charge in [0.1, 0.15) is 0 Å². The van der Waals surface area contributed by atoms with Crippen molar-refractivity contribution in [3.63, 3.8) is 0 Å². The second-order valence-corrected chi connectivity index (χ2v) is 6.64. The van der Waals surface area contributed by atoms with Crippen molar-refractivity contribution in [3.8, 4) is 11.1 Å². The second kappa shape index (κ2) is 3.51. The fourth-order valence-electron chi connectivity index (χ4n) is 2.63. The van der Waals surface area contributed by atoms with Crippen molar-refractivity contribution in [2.24, 2.45) is 0 Å². The van der Waals surface area contributed by atoms with Crippen LogP contribution in [0, 0.1) is 13.8 Å². The highest BCUT2D eigenvalue weighted by atomic mass is 32.2. The molecule has 0 fully saturated rings. The van der Waals surface area contributed by atoms with Crippen molar-refractivity contribution in [1.29, 1.82) is 0 Å². The molecule has 0 saturated heterocycles. The molecule has 1 aliphatic rings. The van der Waals surface area contributed by atoms with Gasteiger partial charge in [0.15, 0.2) is 0 Å². The Labute approximate surface area is 112 Å². The minimum absolute atomic E-state index is 0.316. The van der Waals surface area contributed by atoms with E-state index in [1.807, 2.05) is 0 Å². The lowest BCUT2D eigenvalue weighted by molar-refractivity contribution is 0.598. The summed E-state index contributed by atoms with van der Waals surface area (Å²) in [5.41, 5.74) is 15.3. The Balaban J connectivity index is 2.54. The van der Waals surface area contributed by atoms with Crippen LogP contribution in [0.1, 0.15) is 11.1 Å². The van der Waals surface area contributed by atoms with E-state index in [9.17, 15) is 8.42 Å². The van der Waals surface area contributed by atoms with Gasteiger partial charge in [0, 0.05) is 22.5 Å². The molecule has 0 aromatic heterocycles. The van der Waals surface area contributed by atoms with Crippen LogP contribution in [0.4, 0.5) is 11.4 Å². The van der Waals surface area contributed by atoms with E-state index in [1.54, 1.807) is 38.1 Å². The number of hydrogen-bond donors (Lipinski definition) is 2. The molecule has 98 valence electrons. The summed E-state index contributed by atoms with van der Waals surface area (Å²) >= 11 is 0. The number of rotatable bonds is 0. The average Bonchev–Trinajstić information content (AvgIpc) is 2.58. The summed E-state index contributed by atoms with van der Waals surface area (Å²) in [7, 11) is -3.53. The van der Waals surface area contributed by atoms with Gasteiger partial charge in [0.25, 0.3) is 0 Å². The van der Waals surface area contributed by atoms with Crippen molar-refractivity contribution in [2.45, 2.75) is 23.6 Å². The summed E-state index contributed by atoms with van der Waals surface area (Å²) < 4.78 is 25.4. The lowest BCUT2D eigenvalue weighted by Gasteiger charge is -2.07. The molecule has 2 aromatic rings. The zero-order valence-corrected chi connectivity index (χ0v) is 11.5. The summed E-state index contributed by atoms with van der Waals surface area (Å²) in [5.74, 6) is 0. The van der Waals surface area contributed by atoms with Crippen LogP contribution < -0.4 is 11.5 Å². The number of anilines is 2. The molecule has 1 heterocycles. The molecule has 0 bridgehead atoms. The normalized spacial score (nSPS) is 15.1. The fraction of sp³-hybridized carbons (Fsp3) is 0.143. The van der Waals surface area contributed by atoms with Crippen molar-refractivity contribution < 1.29 is 8.42 Å². The van der Waals surface area contributed by atoms with Gasteiger partial charge in [-0.3, -0.25) is 0 Å². The molecule has 2 aromatic carbocycles. The third-order valence-electron chi connectivity index (χ3n) is 3.72. The SMILES string of the molecule is Cc1c(N)ccc2c1S(=O)(=O)c1c-2ccc(N)c1C. The van der Waals surface area contributed by atoms with Gasteiger partial charge in [0.05, 0.1) is 9.79 Å². The Hall–Kier alpha value is -2.01. The number of benzene rings is 2. The van der Waals surface area contributed by atoms with Gasteiger partial charge < -0.3 is 11.5 Å². The summed E-state index contributed by atoms with van der Waals surface area (Å²) in [4.78, 5) is 0.632. The number of nitrogens with two attached hydrogens (primary N) is 2. The van der Waals surface area contributed by atoms with E-state index in [2.05, 4.69) is 0 Å². The fourth-order valence-corrected chi connectivity index (χ4v) is 4.81. The molecule has 0 saturated carbocycles. The maximum atomic E-state index is 12.7. The first kappa shape index (κ1) is 12.0. The Morgan fingerprint density at radius 3 is 1.53 bits per heavy atom. The molecule has 0 radical (unpaired) electrons. The zero-order valence-electron chi connectivity index (χ0n) is 10.7. The molecule has 0 amide bonds. The predicted octanol–water partition coefficient (Wildman–Crippen LogP) is 2.28. The minimum Gasteiger partial charge on any atom is -0.398 e. The number of nitrogen functional groups attached to an aromatic ring is 2. The summed E-state index contributed by atoms with van der Waals surface area (Å²) in [6, 6.07) is 7.00. The van der Waals surface area contributed by atoms with Crippen LogP contribution in [0.5, 0.6) is 0 Å². The highest BCUT2D eigenvalue weighted by molar-refractivity contribution is 7.92. The van der Waals surface area contributed by atoms with Crippen LogP contribution in [-0.4, -0.2) is 8.42 Å². The first-order valence-electron chi connectivity index (χ1n) is 5.89. The molecular weight excluding hydrogens is 260 g/mol. The van der Waals surface area contributed by atoms with Gasteiger partial charge in [-0.2, -0.15) is 0 Å². The molecule has 4 N–H and O–H groups in total. The summed E-state index contributed by atoms with van der Waals surface area (Å²) in [5, 5.41) is 0. The Morgan fingerprint density at radius 1 is 0.789 bits per heavy atom.